The van der Waals surface area contributed by atoms with E-state index in [2.05, 4.69) is 26.0 Å². The number of rotatable bonds is 5. The molecule has 2 heterocycles. The first-order chi connectivity index (χ1) is 14.6. The molecule has 3 N–H and O–H groups in total. The number of nitrogens with one attached hydrogen (secondary N) is 2. The third kappa shape index (κ3) is 4.69. The van der Waals surface area contributed by atoms with Gasteiger partial charge >= 0.3 is 0 Å². The van der Waals surface area contributed by atoms with E-state index in [0.29, 0.717) is 5.76 Å². The standard InChI is InChI=1S/C21H25N5O4S/c1-11(2)17(16-10-12(3)13(4)30-16)23-20-19(24-31(29)25-20)22-15-9-7-8-14(18(15)27)21(28)26(5)6/h7-10,17,27H,1H2,2-6H3,(H,22,24)(H,23,25). The van der Waals surface area contributed by atoms with E-state index in [0.717, 1.165) is 16.9 Å². The van der Waals surface area contributed by atoms with Crippen LogP contribution in [0.5, 0.6) is 5.75 Å². The number of nitrogens with zero attached hydrogens (tertiary/aromatic N) is 3. The Morgan fingerprint density at radius 2 is 1.94 bits per heavy atom. The van der Waals surface area contributed by atoms with Gasteiger partial charge in [-0.05, 0) is 44.5 Å². The van der Waals surface area contributed by atoms with Crippen LogP contribution in [-0.2, 0) is 11.2 Å². The number of para-hydroxylation sites is 1. The second-order valence-corrected chi connectivity index (χ2v) is 8.28. The third-order valence-corrected chi connectivity index (χ3v) is 5.41. The van der Waals surface area contributed by atoms with Gasteiger partial charge in [0.1, 0.15) is 17.6 Å². The van der Waals surface area contributed by atoms with Crippen molar-refractivity contribution in [3.8, 4) is 5.75 Å². The molecular weight excluding hydrogens is 418 g/mol. The molecule has 9 nitrogen and oxygen atoms in total. The lowest BCUT2D eigenvalue weighted by atomic mass is 10.1. The monoisotopic (exact) mass is 443 g/mol. The van der Waals surface area contributed by atoms with Gasteiger partial charge in [-0.25, -0.2) is 4.21 Å². The van der Waals surface area contributed by atoms with Crippen LogP contribution in [-0.4, -0.2) is 45.9 Å². The van der Waals surface area contributed by atoms with Crippen molar-refractivity contribution in [2.24, 2.45) is 8.80 Å². The van der Waals surface area contributed by atoms with Gasteiger partial charge in [-0.1, -0.05) is 18.2 Å². The minimum absolute atomic E-state index is 0.127. The highest BCUT2D eigenvalue weighted by atomic mass is 32.2. The zero-order chi connectivity index (χ0) is 22.9. The summed E-state index contributed by atoms with van der Waals surface area (Å²) in [4.78, 5) is 13.6. The molecule has 1 aromatic carbocycles. The highest BCUT2D eigenvalue weighted by molar-refractivity contribution is 7.83. The molecule has 2 atom stereocenters. The number of phenols is 1. The molecular formula is C21H25N5O4S. The molecule has 2 aromatic rings. The van der Waals surface area contributed by atoms with Crippen molar-refractivity contribution in [2.75, 3.05) is 19.4 Å². The van der Waals surface area contributed by atoms with E-state index in [9.17, 15) is 14.1 Å². The van der Waals surface area contributed by atoms with Gasteiger partial charge in [0.25, 0.3) is 17.1 Å². The minimum atomic E-state index is -1.84. The van der Waals surface area contributed by atoms with Crippen LogP contribution in [0.2, 0.25) is 0 Å². The number of carbonyl (C=O) groups excluding carboxylic acids is 1. The van der Waals surface area contributed by atoms with Crippen molar-refractivity contribution in [1.29, 1.82) is 0 Å². The number of carbonyl (C=O) groups is 1. The summed E-state index contributed by atoms with van der Waals surface area (Å²) in [6.07, 6.45) is 0. The maximum Gasteiger partial charge on any atom is 0.269 e. The fraction of sp³-hybridized carbons (Fsp3) is 0.286. The summed E-state index contributed by atoms with van der Waals surface area (Å²) in [5.41, 5.74) is 2.12. The Morgan fingerprint density at radius 3 is 2.52 bits per heavy atom. The van der Waals surface area contributed by atoms with Gasteiger partial charge in [-0.3, -0.25) is 4.79 Å². The Bertz CT molecular complexity index is 1110. The van der Waals surface area contributed by atoms with Gasteiger partial charge in [0.05, 0.1) is 11.3 Å². The molecule has 1 aliphatic heterocycles. The van der Waals surface area contributed by atoms with Crippen LogP contribution in [0.25, 0.3) is 0 Å². The van der Waals surface area contributed by atoms with Gasteiger partial charge in [0.15, 0.2) is 17.4 Å². The molecule has 3 rings (SSSR count). The number of hydrogen-bond acceptors (Lipinski definition) is 6. The van der Waals surface area contributed by atoms with Gasteiger partial charge in [0, 0.05) is 14.1 Å². The SMILES string of the molecule is C=C(C)C(NC1=NS(=O)N=C1Nc1cccc(C(=O)N(C)C)c1O)c1cc(C)c(C)o1. The summed E-state index contributed by atoms with van der Waals surface area (Å²) in [5, 5.41) is 16.7. The summed E-state index contributed by atoms with van der Waals surface area (Å²) in [5.74, 6) is 1.23. The number of amidine groups is 2. The van der Waals surface area contributed by atoms with Gasteiger partial charge in [0.2, 0.25) is 0 Å². The van der Waals surface area contributed by atoms with Crippen LogP contribution in [0.1, 0.15) is 40.4 Å². The molecule has 0 saturated carbocycles. The third-order valence-electron chi connectivity index (χ3n) is 4.73. The predicted octanol–water partition coefficient (Wildman–Crippen LogP) is 3.01. The molecule has 10 heteroatoms. The Hall–Kier alpha value is -3.40. The lowest BCUT2D eigenvalue weighted by Gasteiger charge is -2.19. The summed E-state index contributed by atoms with van der Waals surface area (Å²) in [6.45, 7) is 9.66. The summed E-state index contributed by atoms with van der Waals surface area (Å²) in [7, 11) is 3.19. The Labute approximate surface area is 183 Å². The van der Waals surface area contributed by atoms with E-state index < -0.39 is 17.2 Å². The summed E-state index contributed by atoms with van der Waals surface area (Å²) >= 11 is -1.84. The number of furan rings is 1. The number of phenolic OH excluding ortho intramolecular Hbond substituents is 1. The van der Waals surface area contributed by atoms with Crippen LogP contribution in [0.4, 0.5) is 5.69 Å². The second kappa shape index (κ2) is 8.76. The quantitative estimate of drug-likeness (QED) is 0.483. The van der Waals surface area contributed by atoms with Crippen LogP contribution in [0, 0.1) is 13.8 Å². The van der Waals surface area contributed by atoms with Crippen LogP contribution in [0.15, 0.2) is 49.6 Å². The normalized spacial score (nSPS) is 16.4. The van der Waals surface area contributed by atoms with Gasteiger partial charge in [-0.15, -0.1) is 8.80 Å². The number of anilines is 1. The second-order valence-electron chi connectivity index (χ2n) is 7.45. The molecule has 2 unspecified atom stereocenters. The molecule has 164 valence electrons. The first-order valence-corrected chi connectivity index (χ1v) is 10.5. The van der Waals surface area contributed by atoms with E-state index >= 15 is 0 Å². The molecule has 31 heavy (non-hydrogen) atoms. The van der Waals surface area contributed by atoms with Crippen molar-refractivity contribution in [2.45, 2.75) is 26.8 Å². The van der Waals surface area contributed by atoms with Crippen LogP contribution >= 0.6 is 0 Å². The summed E-state index contributed by atoms with van der Waals surface area (Å²) < 4.78 is 25.9. The molecule has 1 aliphatic rings. The highest BCUT2D eigenvalue weighted by Crippen LogP contribution is 2.29. The molecule has 0 saturated heterocycles. The topological polar surface area (TPSA) is 120 Å². The lowest BCUT2D eigenvalue weighted by molar-refractivity contribution is 0.0824. The zero-order valence-corrected chi connectivity index (χ0v) is 18.8. The molecule has 0 spiro atoms. The number of benzene rings is 1. The predicted molar refractivity (Wildman–Crippen MR) is 122 cm³/mol. The van der Waals surface area contributed by atoms with E-state index in [1.807, 2.05) is 26.8 Å². The Kier molecular flexibility index (Phi) is 6.30. The summed E-state index contributed by atoms with van der Waals surface area (Å²) in [6, 6.07) is 6.20. The van der Waals surface area contributed by atoms with E-state index in [1.165, 1.54) is 11.0 Å². The number of amides is 1. The lowest BCUT2D eigenvalue weighted by Crippen LogP contribution is -2.37. The fourth-order valence-electron chi connectivity index (χ4n) is 2.94. The molecule has 1 amide bonds. The molecule has 0 aliphatic carbocycles. The van der Waals surface area contributed by atoms with Crippen molar-refractivity contribution in [3.63, 3.8) is 0 Å². The van der Waals surface area contributed by atoms with Crippen molar-refractivity contribution >= 4 is 34.4 Å². The zero-order valence-electron chi connectivity index (χ0n) is 18.0. The Balaban J connectivity index is 1.88. The molecule has 0 fully saturated rings. The van der Waals surface area contributed by atoms with Gasteiger partial charge < -0.3 is 25.1 Å². The van der Waals surface area contributed by atoms with Gasteiger partial charge in [-0.2, -0.15) is 0 Å². The first-order valence-electron chi connectivity index (χ1n) is 9.47. The number of aromatic hydroxyl groups is 1. The Morgan fingerprint density at radius 1 is 1.26 bits per heavy atom. The van der Waals surface area contributed by atoms with Crippen LogP contribution in [0.3, 0.4) is 0 Å². The van der Waals surface area contributed by atoms with E-state index in [-0.39, 0.29) is 34.6 Å². The maximum atomic E-state index is 12.3. The maximum absolute atomic E-state index is 12.3. The fourth-order valence-corrected chi connectivity index (χ4v) is 3.57. The highest BCUT2D eigenvalue weighted by Gasteiger charge is 2.27. The molecule has 0 bridgehead atoms. The van der Waals surface area contributed by atoms with Crippen molar-refractivity contribution in [1.82, 2.24) is 10.2 Å². The average Bonchev–Trinajstić information content (AvgIpc) is 3.21. The average molecular weight is 444 g/mol. The smallest absolute Gasteiger partial charge is 0.269 e. The van der Waals surface area contributed by atoms with E-state index in [4.69, 9.17) is 4.42 Å². The van der Waals surface area contributed by atoms with Crippen molar-refractivity contribution < 1.29 is 18.5 Å². The largest absolute Gasteiger partial charge is 0.505 e. The van der Waals surface area contributed by atoms with E-state index in [1.54, 1.807) is 26.2 Å². The molecule has 1 aromatic heterocycles. The van der Waals surface area contributed by atoms with Crippen molar-refractivity contribution in [3.05, 3.63) is 59.1 Å². The number of aryl methyl sites for hydroxylation is 2. The molecule has 0 radical (unpaired) electrons. The number of hydrogen-bond donors (Lipinski definition) is 3. The first kappa shape index (κ1) is 22.3. The minimum Gasteiger partial charge on any atom is -0.505 e. The van der Waals surface area contributed by atoms with Crippen LogP contribution < -0.4 is 10.6 Å².